The Morgan fingerprint density at radius 2 is 1.76 bits per heavy atom. The molecule has 3 aromatic carbocycles. The van der Waals surface area contributed by atoms with Gasteiger partial charge in [-0.25, -0.2) is 4.79 Å². The second-order valence-corrected chi connectivity index (χ2v) is 5.64. The Morgan fingerprint density at radius 1 is 1.04 bits per heavy atom. The minimum Gasteiger partial charge on any atom is -0.479 e. The minimum absolute atomic E-state index is 0.196. The summed E-state index contributed by atoms with van der Waals surface area (Å²) in [6, 6.07) is 22.5. The summed E-state index contributed by atoms with van der Waals surface area (Å²) in [6.45, 7) is 1.84. The van der Waals surface area contributed by atoms with Crippen LogP contribution in [0.5, 0.6) is 5.75 Å². The third-order valence-electron chi connectivity index (χ3n) is 3.88. The molecule has 0 aromatic heterocycles. The van der Waals surface area contributed by atoms with Crippen molar-refractivity contribution in [1.82, 2.24) is 0 Å². The van der Waals surface area contributed by atoms with Gasteiger partial charge < -0.3 is 9.47 Å². The average molecular weight is 331 g/mol. The zero-order valence-corrected chi connectivity index (χ0v) is 13.8. The highest BCUT2D eigenvalue weighted by molar-refractivity contribution is 5.85. The molecule has 0 unspecified atom stereocenters. The van der Waals surface area contributed by atoms with Crippen LogP contribution in [0.1, 0.15) is 18.1 Å². The van der Waals surface area contributed by atoms with Gasteiger partial charge in [0, 0.05) is 0 Å². The Hall–Kier alpha value is -3.32. The Balaban J connectivity index is 1.62. The molecule has 0 heterocycles. The molecule has 0 aliphatic carbocycles. The first-order valence-electron chi connectivity index (χ1n) is 7.97. The summed E-state index contributed by atoms with van der Waals surface area (Å²) >= 11 is 0. The van der Waals surface area contributed by atoms with E-state index in [1.54, 1.807) is 31.2 Å². The third kappa shape index (κ3) is 3.96. The molecule has 3 rings (SSSR count). The highest BCUT2D eigenvalue weighted by Crippen LogP contribution is 2.20. The van der Waals surface area contributed by atoms with Gasteiger partial charge >= 0.3 is 5.97 Å². The molecule has 1 atom stereocenters. The number of carbonyl (C=O) groups is 1. The normalized spacial score (nSPS) is 11.5. The van der Waals surface area contributed by atoms with E-state index in [2.05, 4.69) is 0 Å². The lowest BCUT2D eigenvalue weighted by molar-refractivity contribution is -0.152. The van der Waals surface area contributed by atoms with E-state index in [4.69, 9.17) is 14.7 Å². The second kappa shape index (κ2) is 7.50. The van der Waals surface area contributed by atoms with Crippen LogP contribution in [-0.2, 0) is 16.1 Å². The van der Waals surface area contributed by atoms with Crippen LogP contribution in [0, 0.1) is 11.3 Å². The SMILES string of the molecule is C[C@@H](Oc1ccc(C#N)cc1)C(=O)OCc1cccc2ccccc12. The van der Waals surface area contributed by atoms with E-state index in [1.165, 1.54) is 0 Å². The summed E-state index contributed by atoms with van der Waals surface area (Å²) in [5.41, 5.74) is 1.50. The number of nitrogens with zero attached hydrogens (tertiary/aromatic N) is 1. The van der Waals surface area contributed by atoms with Crippen molar-refractivity contribution in [3.8, 4) is 11.8 Å². The number of carbonyl (C=O) groups excluding carboxylic acids is 1. The number of ether oxygens (including phenoxy) is 2. The van der Waals surface area contributed by atoms with Crippen molar-refractivity contribution in [2.75, 3.05) is 0 Å². The second-order valence-electron chi connectivity index (χ2n) is 5.64. The molecule has 0 N–H and O–H groups in total. The molecular weight excluding hydrogens is 314 g/mol. The Labute approximate surface area is 146 Å². The first kappa shape index (κ1) is 16.5. The average Bonchev–Trinajstić information content (AvgIpc) is 2.66. The summed E-state index contributed by atoms with van der Waals surface area (Å²) in [6.07, 6.45) is -0.733. The van der Waals surface area contributed by atoms with Gasteiger partial charge in [0.1, 0.15) is 12.4 Å². The molecule has 0 saturated heterocycles. The van der Waals surface area contributed by atoms with Gasteiger partial charge in [-0.2, -0.15) is 5.26 Å². The van der Waals surface area contributed by atoms with E-state index in [1.807, 2.05) is 48.5 Å². The molecule has 0 bridgehead atoms. The third-order valence-corrected chi connectivity index (χ3v) is 3.88. The van der Waals surface area contributed by atoms with E-state index in [-0.39, 0.29) is 6.61 Å². The lowest BCUT2D eigenvalue weighted by atomic mass is 10.1. The number of fused-ring (bicyclic) bond motifs is 1. The van der Waals surface area contributed by atoms with Crippen LogP contribution in [-0.4, -0.2) is 12.1 Å². The quantitative estimate of drug-likeness (QED) is 0.657. The molecule has 0 aliphatic heterocycles. The molecular formula is C21H17NO3. The Morgan fingerprint density at radius 3 is 2.52 bits per heavy atom. The molecule has 0 radical (unpaired) electrons. The number of esters is 1. The summed E-state index contributed by atoms with van der Waals surface area (Å²) < 4.78 is 11.0. The molecule has 0 aliphatic rings. The number of hydrogen-bond acceptors (Lipinski definition) is 4. The molecule has 124 valence electrons. The van der Waals surface area contributed by atoms with Gasteiger partial charge in [-0.15, -0.1) is 0 Å². The first-order valence-corrected chi connectivity index (χ1v) is 7.97. The first-order chi connectivity index (χ1) is 12.2. The maximum Gasteiger partial charge on any atom is 0.347 e. The number of nitriles is 1. The molecule has 0 amide bonds. The van der Waals surface area contributed by atoms with E-state index in [0.717, 1.165) is 16.3 Å². The molecule has 0 saturated carbocycles. The fourth-order valence-corrected chi connectivity index (χ4v) is 2.54. The van der Waals surface area contributed by atoms with Crippen molar-refractivity contribution in [1.29, 1.82) is 5.26 Å². The van der Waals surface area contributed by atoms with Crippen molar-refractivity contribution in [3.63, 3.8) is 0 Å². The van der Waals surface area contributed by atoms with Crippen molar-refractivity contribution in [2.45, 2.75) is 19.6 Å². The predicted octanol–water partition coefficient (Wildman–Crippen LogP) is 4.22. The summed E-state index contributed by atoms with van der Waals surface area (Å²) in [7, 11) is 0. The lowest BCUT2D eigenvalue weighted by Crippen LogP contribution is -2.26. The Bertz CT molecular complexity index is 921. The van der Waals surface area contributed by atoms with Crippen molar-refractivity contribution >= 4 is 16.7 Å². The summed E-state index contributed by atoms with van der Waals surface area (Å²) in [5.74, 6) is 0.0888. The van der Waals surface area contributed by atoms with Gasteiger partial charge in [-0.3, -0.25) is 0 Å². The van der Waals surface area contributed by atoms with Crippen LogP contribution in [0.3, 0.4) is 0 Å². The maximum absolute atomic E-state index is 12.2. The molecule has 0 spiro atoms. The van der Waals surface area contributed by atoms with Crippen molar-refractivity contribution < 1.29 is 14.3 Å². The fourth-order valence-electron chi connectivity index (χ4n) is 2.54. The van der Waals surface area contributed by atoms with Gasteiger partial charge in [0.25, 0.3) is 0 Å². The van der Waals surface area contributed by atoms with E-state index in [0.29, 0.717) is 11.3 Å². The zero-order chi connectivity index (χ0) is 17.6. The monoisotopic (exact) mass is 331 g/mol. The van der Waals surface area contributed by atoms with Crippen molar-refractivity contribution in [3.05, 3.63) is 77.9 Å². The standard InChI is InChI=1S/C21H17NO3/c1-15(25-19-11-9-16(13-22)10-12-19)21(23)24-14-18-7-4-6-17-5-2-3-8-20(17)18/h2-12,15H,14H2,1H3/t15-/m1/s1. The highest BCUT2D eigenvalue weighted by atomic mass is 16.6. The van der Waals surface area contributed by atoms with Crippen LogP contribution in [0.15, 0.2) is 66.7 Å². The van der Waals surface area contributed by atoms with Crippen molar-refractivity contribution in [2.24, 2.45) is 0 Å². The zero-order valence-electron chi connectivity index (χ0n) is 13.8. The number of benzene rings is 3. The van der Waals surface area contributed by atoms with Crippen LogP contribution in [0.4, 0.5) is 0 Å². The van der Waals surface area contributed by atoms with Gasteiger partial charge in [0.2, 0.25) is 0 Å². The summed E-state index contributed by atoms with van der Waals surface area (Å²) in [4.78, 5) is 12.2. The summed E-state index contributed by atoms with van der Waals surface area (Å²) in [5, 5.41) is 11.0. The van der Waals surface area contributed by atoms with Crippen LogP contribution < -0.4 is 4.74 Å². The van der Waals surface area contributed by atoms with Gasteiger partial charge in [-0.1, -0.05) is 42.5 Å². The molecule has 0 fully saturated rings. The molecule has 4 nitrogen and oxygen atoms in total. The van der Waals surface area contributed by atoms with Crippen LogP contribution in [0.25, 0.3) is 10.8 Å². The maximum atomic E-state index is 12.2. The van der Waals surface area contributed by atoms with Crippen LogP contribution >= 0.6 is 0 Å². The molecule has 25 heavy (non-hydrogen) atoms. The smallest absolute Gasteiger partial charge is 0.347 e. The van der Waals surface area contributed by atoms with Gasteiger partial charge in [-0.05, 0) is 47.5 Å². The van der Waals surface area contributed by atoms with Crippen LogP contribution in [0.2, 0.25) is 0 Å². The highest BCUT2D eigenvalue weighted by Gasteiger charge is 2.17. The number of rotatable bonds is 5. The lowest BCUT2D eigenvalue weighted by Gasteiger charge is -2.14. The predicted molar refractivity (Wildman–Crippen MR) is 95.0 cm³/mol. The fraction of sp³-hybridized carbons (Fsp3) is 0.143. The van der Waals surface area contributed by atoms with Gasteiger partial charge in [0.15, 0.2) is 6.10 Å². The topological polar surface area (TPSA) is 59.3 Å². The largest absolute Gasteiger partial charge is 0.479 e. The van der Waals surface area contributed by atoms with E-state index in [9.17, 15) is 4.79 Å². The van der Waals surface area contributed by atoms with Gasteiger partial charge in [0.05, 0.1) is 11.6 Å². The minimum atomic E-state index is -0.733. The van der Waals surface area contributed by atoms with E-state index < -0.39 is 12.1 Å². The number of hydrogen-bond donors (Lipinski definition) is 0. The van der Waals surface area contributed by atoms with E-state index >= 15 is 0 Å². The molecule has 3 aromatic rings. The molecule has 4 heteroatoms. The Kier molecular flexibility index (Phi) is 4.96.